The third-order valence-electron chi connectivity index (χ3n) is 6.05. The number of hydrogen-bond acceptors (Lipinski definition) is 4. The van der Waals surface area contributed by atoms with Crippen LogP contribution < -0.4 is 16.0 Å². The molecule has 1 atom stereocenters. The normalized spacial score (nSPS) is 14.9. The third kappa shape index (κ3) is 8.40. The fourth-order valence-electron chi connectivity index (χ4n) is 4.06. The largest absolute Gasteiger partial charge is 0.450 e. The van der Waals surface area contributed by atoms with Crippen molar-refractivity contribution in [1.29, 1.82) is 0 Å². The molecule has 0 bridgehead atoms. The lowest BCUT2D eigenvalue weighted by molar-refractivity contribution is 0.0951. The molecule has 1 saturated heterocycles. The van der Waals surface area contributed by atoms with E-state index in [1.165, 1.54) is 18.2 Å². The molecule has 196 valence electrons. The Morgan fingerprint density at radius 1 is 1.08 bits per heavy atom. The van der Waals surface area contributed by atoms with E-state index in [4.69, 9.17) is 39.5 Å². The average Bonchev–Trinajstić information content (AvgIpc) is 2.86. The van der Waals surface area contributed by atoms with Crippen LogP contribution in [0.3, 0.4) is 0 Å². The number of nitrogens with one attached hydrogen (secondary N) is 3. The molecule has 3 rings (SSSR count). The Bertz CT molecular complexity index is 1050. The van der Waals surface area contributed by atoms with Crippen molar-refractivity contribution in [3.05, 3.63) is 62.8 Å². The Morgan fingerprint density at radius 2 is 1.83 bits per heavy atom. The number of ether oxygens (including phenoxy) is 1. The number of nitrogens with zero attached hydrogens (tertiary/aromatic N) is 1. The number of anilines is 1. The number of amides is 3. The quantitative estimate of drug-likeness (QED) is 0.337. The van der Waals surface area contributed by atoms with E-state index in [9.17, 15) is 14.0 Å². The Balaban J connectivity index is 1.53. The first-order valence-corrected chi connectivity index (χ1v) is 13.0. The summed E-state index contributed by atoms with van der Waals surface area (Å²) >= 11 is 18.1. The molecule has 11 heteroatoms. The summed E-state index contributed by atoms with van der Waals surface area (Å²) in [6, 6.07) is 9.30. The van der Waals surface area contributed by atoms with Gasteiger partial charge in [0, 0.05) is 37.3 Å². The lowest BCUT2D eigenvalue weighted by Crippen LogP contribution is -2.45. The van der Waals surface area contributed by atoms with Gasteiger partial charge in [-0.25, -0.2) is 14.0 Å². The zero-order valence-electron chi connectivity index (χ0n) is 20.0. The van der Waals surface area contributed by atoms with Gasteiger partial charge >= 0.3 is 12.1 Å². The summed E-state index contributed by atoms with van der Waals surface area (Å²) in [6.07, 6.45) is 2.16. The number of likely N-dealkylation sites (tertiary alicyclic amines) is 1. The summed E-state index contributed by atoms with van der Waals surface area (Å²) < 4.78 is 18.4. The van der Waals surface area contributed by atoms with E-state index in [1.807, 2.05) is 12.1 Å². The molecule has 0 radical (unpaired) electrons. The summed E-state index contributed by atoms with van der Waals surface area (Å²) in [7, 11) is 0. The number of halogens is 4. The van der Waals surface area contributed by atoms with Gasteiger partial charge in [-0.3, -0.25) is 0 Å². The molecule has 1 unspecified atom stereocenters. The molecule has 3 amide bonds. The number of hydrogen-bond donors (Lipinski definition) is 3. The second-order valence-electron chi connectivity index (χ2n) is 8.54. The monoisotopic (exact) mass is 558 g/mol. The van der Waals surface area contributed by atoms with E-state index < -0.39 is 11.8 Å². The van der Waals surface area contributed by atoms with Crippen molar-refractivity contribution in [2.75, 3.05) is 38.1 Å². The highest BCUT2D eigenvalue weighted by Gasteiger charge is 2.23. The number of rotatable bonds is 9. The third-order valence-corrected chi connectivity index (χ3v) is 7.08. The molecular weight excluding hydrogens is 530 g/mol. The maximum absolute atomic E-state index is 13.4. The Kier molecular flexibility index (Phi) is 10.9. The Labute approximate surface area is 225 Å². The fourth-order valence-corrected chi connectivity index (χ4v) is 4.55. The van der Waals surface area contributed by atoms with Crippen LogP contribution in [0, 0.1) is 5.82 Å². The van der Waals surface area contributed by atoms with E-state index in [-0.39, 0.29) is 17.0 Å². The maximum Gasteiger partial charge on any atom is 0.409 e. The molecule has 0 saturated carbocycles. The summed E-state index contributed by atoms with van der Waals surface area (Å²) in [5, 5.41) is 9.93. The predicted octanol–water partition coefficient (Wildman–Crippen LogP) is 6.29. The van der Waals surface area contributed by atoms with E-state index >= 15 is 0 Å². The zero-order valence-corrected chi connectivity index (χ0v) is 22.2. The van der Waals surface area contributed by atoms with Gasteiger partial charge in [0.2, 0.25) is 0 Å². The molecule has 2 aromatic rings. The van der Waals surface area contributed by atoms with Crippen LogP contribution in [0.2, 0.25) is 15.1 Å². The number of carbonyl (C=O) groups is 2. The van der Waals surface area contributed by atoms with E-state index in [0.29, 0.717) is 54.6 Å². The van der Waals surface area contributed by atoms with Crippen LogP contribution >= 0.6 is 34.8 Å². The minimum absolute atomic E-state index is 0.0329. The predicted molar refractivity (Wildman–Crippen MR) is 142 cm³/mol. The molecule has 7 nitrogen and oxygen atoms in total. The minimum Gasteiger partial charge on any atom is -0.450 e. The van der Waals surface area contributed by atoms with Crippen LogP contribution in [-0.2, 0) is 4.74 Å². The maximum atomic E-state index is 13.4. The molecule has 0 aromatic heterocycles. The molecule has 0 aliphatic carbocycles. The summed E-state index contributed by atoms with van der Waals surface area (Å²) in [4.78, 5) is 26.1. The van der Waals surface area contributed by atoms with Gasteiger partial charge in [-0.15, -0.1) is 0 Å². The van der Waals surface area contributed by atoms with Crippen molar-refractivity contribution in [2.45, 2.75) is 38.1 Å². The molecule has 1 fully saturated rings. The lowest BCUT2D eigenvalue weighted by Gasteiger charge is -2.32. The highest BCUT2D eigenvalue weighted by Crippen LogP contribution is 2.28. The van der Waals surface area contributed by atoms with E-state index in [1.54, 1.807) is 17.9 Å². The fraction of sp³-hybridized carbons (Fsp3) is 0.440. The molecular formula is C25H30Cl3FN4O3. The van der Waals surface area contributed by atoms with Crippen LogP contribution in [0.1, 0.15) is 37.7 Å². The second-order valence-corrected chi connectivity index (χ2v) is 9.76. The molecule has 1 aliphatic heterocycles. The van der Waals surface area contributed by atoms with Crippen LogP contribution in [0.4, 0.5) is 19.7 Å². The highest BCUT2D eigenvalue weighted by molar-refractivity contribution is 6.42. The van der Waals surface area contributed by atoms with Gasteiger partial charge in [0.1, 0.15) is 5.82 Å². The van der Waals surface area contributed by atoms with Gasteiger partial charge in [-0.2, -0.15) is 0 Å². The summed E-state index contributed by atoms with van der Waals surface area (Å²) in [5.41, 5.74) is 1.34. The smallest absolute Gasteiger partial charge is 0.409 e. The summed E-state index contributed by atoms with van der Waals surface area (Å²) in [5.74, 6) is -0.587. The molecule has 0 spiro atoms. The molecule has 3 N–H and O–H groups in total. The lowest BCUT2D eigenvalue weighted by atomic mass is 9.95. The van der Waals surface area contributed by atoms with E-state index in [0.717, 1.165) is 24.8 Å². The van der Waals surface area contributed by atoms with Crippen LogP contribution in [0.25, 0.3) is 0 Å². The highest BCUT2D eigenvalue weighted by atomic mass is 35.5. The van der Waals surface area contributed by atoms with Crippen LogP contribution in [0.5, 0.6) is 0 Å². The summed E-state index contributed by atoms with van der Waals surface area (Å²) in [6.45, 7) is 4.54. The van der Waals surface area contributed by atoms with Gasteiger partial charge in [0.25, 0.3) is 0 Å². The minimum atomic E-state index is -0.554. The van der Waals surface area contributed by atoms with Crippen molar-refractivity contribution in [3.63, 3.8) is 0 Å². The van der Waals surface area contributed by atoms with Crippen molar-refractivity contribution >= 4 is 52.6 Å². The Hall–Kier alpha value is -2.26. The second kappa shape index (κ2) is 13.9. The first-order chi connectivity index (χ1) is 17.3. The van der Waals surface area contributed by atoms with Gasteiger partial charge in [0.15, 0.2) is 0 Å². The number of carbonyl (C=O) groups excluding carboxylic acids is 2. The molecule has 36 heavy (non-hydrogen) atoms. The number of benzene rings is 2. The van der Waals surface area contributed by atoms with Gasteiger partial charge < -0.3 is 25.6 Å². The standard InChI is InChI=1S/C25H30Cl3FN4O3/c1-2-36-25(35)33-11-8-18(9-12-33)30-10-7-17(16-3-5-20(26)21(27)13-16)15-31-24(34)32-19-4-6-23(29)22(28)14-19/h3-6,13-14,17-18,30H,2,7-12,15H2,1H3,(H2,31,32,34). The number of piperidine rings is 1. The van der Waals surface area contributed by atoms with E-state index in [2.05, 4.69) is 16.0 Å². The zero-order chi connectivity index (χ0) is 26.1. The van der Waals surface area contributed by atoms with Gasteiger partial charge in [0.05, 0.1) is 21.7 Å². The van der Waals surface area contributed by atoms with Crippen molar-refractivity contribution in [2.24, 2.45) is 0 Å². The van der Waals surface area contributed by atoms with Crippen molar-refractivity contribution in [3.8, 4) is 0 Å². The first kappa shape index (κ1) is 28.3. The van der Waals surface area contributed by atoms with Crippen molar-refractivity contribution in [1.82, 2.24) is 15.5 Å². The molecule has 1 heterocycles. The average molecular weight is 560 g/mol. The topological polar surface area (TPSA) is 82.7 Å². The SMILES string of the molecule is CCOC(=O)N1CCC(NCCC(CNC(=O)Nc2ccc(F)c(Cl)c2)c2ccc(Cl)c(Cl)c2)CC1. The van der Waals surface area contributed by atoms with Crippen LogP contribution in [0.15, 0.2) is 36.4 Å². The number of urea groups is 1. The molecule has 2 aromatic carbocycles. The van der Waals surface area contributed by atoms with Gasteiger partial charge in [-0.1, -0.05) is 40.9 Å². The first-order valence-electron chi connectivity index (χ1n) is 11.9. The molecule has 1 aliphatic rings. The van der Waals surface area contributed by atoms with Crippen molar-refractivity contribution < 1.29 is 18.7 Å². The van der Waals surface area contributed by atoms with Crippen LogP contribution in [-0.4, -0.2) is 55.9 Å². The Morgan fingerprint density at radius 3 is 2.50 bits per heavy atom. The van der Waals surface area contributed by atoms with Gasteiger partial charge in [-0.05, 0) is 68.6 Å².